The molecule has 0 saturated carbocycles. The van der Waals surface area contributed by atoms with Gasteiger partial charge in [-0.05, 0) is 54.1 Å². The highest BCUT2D eigenvalue weighted by Gasteiger charge is 2.12. The third-order valence-electron chi connectivity index (χ3n) is 4.09. The van der Waals surface area contributed by atoms with E-state index in [1.807, 2.05) is 12.1 Å². The predicted octanol–water partition coefficient (Wildman–Crippen LogP) is 4.49. The molecule has 3 rings (SSSR count). The number of esters is 1. The molecule has 0 spiro atoms. The lowest BCUT2D eigenvalue weighted by atomic mass is 10.1. The molecule has 3 aromatic rings. The van der Waals surface area contributed by atoms with Crippen molar-refractivity contribution in [2.75, 3.05) is 0 Å². The number of hydrogen-bond donors (Lipinski definition) is 0. The van der Waals surface area contributed by atoms with E-state index in [0.29, 0.717) is 11.3 Å². The zero-order chi connectivity index (χ0) is 21.5. The first-order valence-corrected chi connectivity index (χ1v) is 8.63. The molecule has 0 atom stereocenters. The fourth-order valence-corrected chi connectivity index (χ4v) is 2.56. The molecule has 146 valence electrons. The number of non-ortho nitro benzene ring substituents is 1. The van der Waals surface area contributed by atoms with Gasteiger partial charge in [0.2, 0.25) is 0 Å². The predicted molar refractivity (Wildman–Crippen MR) is 105 cm³/mol. The minimum absolute atomic E-state index is 0.0262. The van der Waals surface area contributed by atoms with Gasteiger partial charge in [-0.3, -0.25) is 10.1 Å². The molecule has 0 bridgehead atoms. The Morgan fingerprint density at radius 3 is 2.27 bits per heavy atom. The van der Waals surface area contributed by atoms with Crippen molar-refractivity contribution < 1.29 is 19.2 Å². The van der Waals surface area contributed by atoms with E-state index in [1.54, 1.807) is 24.3 Å². The molecule has 30 heavy (non-hydrogen) atoms. The van der Waals surface area contributed by atoms with Crippen LogP contribution in [0.5, 0.6) is 11.5 Å². The number of ether oxygens (including phenoxy) is 2. The Kier molecular flexibility index (Phi) is 6.02. The first-order chi connectivity index (χ1) is 14.5. The van der Waals surface area contributed by atoms with Crippen LogP contribution in [0.3, 0.4) is 0 Å². The third-order valence-corrected chi connectivity index (χ3v) is 4.09. The molecule has 0 saturated heterocycles. The van der Waals surface area contributed by atoms with Crippen LogP contribution in [0, 0.1) is 32.8 Å². The van der Waals surface area contributed by atoms with Gasteiger partial charge >= 0.3 is 5.97 Å². The molecule has 0 N–H and O–H groups in total. The van der Waals surface area contributed by atoms with Gasteiger partial charge in [-0.15, -0.1) is 0 Å². The monoisotopic (exact) mass is 399 g/mol. The summed E-state index contributed by atoms with van der Waals surface area (Å²) in [6.45, 7) is -0.0262. The molecule has 0 unspecified atom stereocenters. The average molecular weight is 399 g/mol. The molecule has 8 heteroatoms. The maximum atomic E-state index is 12.2. The number of carbonyl (C=O) groups excluding carboxylic acids is 1. The van der Waals surface area contributed by atoms with E-state index >= 15 is 0 Å². The summed E-state index contributed by atoms with van der Waals surface area (Å²) in [5.74, 6) is 0.0580. The Balaban J connectivity index is 1.64. The summed E-state index contributed by atoms with van der Waals surface area (Å²) in [4.78, 5) is 22.3. The summed E-state index contributed by atoms with van der Waals surface area (Å²) < 4.78 is 10.9. The standard InChI is InChI=1S/C22H13N3O5/c23-12-17-2-1-3-21(20(17)13-24)30-19-10-6-16(7-11-19)22(26)29-14-15-4-8-18(9-5-15)25(27)28/h1-11H,14H2. The first kappa shape index (κ1) is 20.1. The largest absolute Gasteiger partial charge is 0.457 e. The summed E-state index contributed by atoms with van der Waals surface area (Å²) >= 11 is 0. The van der Waals surface area contributed by atoms with Gasteiger partial charge in [0, 0.05) is 12.1 Å². The van der Waals surface area contributed by atoms with Crippen molar-refractivity contribution in [1.29, 1.82) is 10.5 Å². The topological polar surface area (TPSA) is 126 Å². The summed E-state index contributed by atoms with van der Waals surface area (Å²) in [6.07, 6.45) is 0. The van der Waals surface area contributed by atoms with Crippen LogP contribution in [-0.2, 0) is 11.3 Å². The zero-order valence-electron chi connectivity index (χ0n) is 15.4. The molecule has 8 nitrogen and oxygen atoms in total. The molecule has 3 aromatic carbocycles. The van der Waals surface area contributed by atoms with Crippen LogP contribution in [-0.4, -0.2) is 10.9 Å². The van der Waals surface area contributed by atoms with E-state index in [4.69, 9.17) is 14.7 Å². The van der Waals surface area contributed by atoms with Gasteiger partial charge in [0.05, 0.1) is 16.1 Å². The minimum Gasteiger partial charge on any atom is -0.457 e. The lowest BCUT2D eigenvalue weighted by molar-refractivity contribution is -0.384. The van der Waals surface area contributed by atoms with Gasteiger partial charge in [-0.2, -0.15) is 10.5 Å². The van der Waals surface area contributed by atoms with Crippen LogP contribution >= 0.6 is 0 Å². The van der Waals surface area contributed by atoms with Crippen molar-refractivity contribution in [3.63, 3.8) is 0 Å². The number of benzene rings is 3. The number of carbonyl (C=O) groups is 1. The maximum Gasteiger partial charge on any atom is 0.338 e. The normalized spacial score (nSPS) is 9.80. The number of nitrogens with zero attached hydrogens (tertiary/aromatic N) is 3. The van der Waals surface area contributed by atoms with Crippen molar-refractivity contribution in [2.45, 2.75) is 6.61 Å². The van der Waals surface area contributed by atoms with Crippen LogP contribution in [0.2, 0.25) is 0 Å². The van der Waals surface area contributed by atoms with E-state index in [-0.39, 0.29) is 34.7 Å². The van der Waals surface area contributed by atoms with E-state index in [1.165, 1.54) is 42.5 Å². The fraction of sp³-hybridized carbons (Fsp3) is 0.0455. The molecule has 0 heterocycles. The number of nitro groups is 1. The molecule has 0 amide bonds. The van der Waals surface area contributed by atoms with Crippen molar-refractivity contribution >= 4 is 11.7 Å². The van der Waals surface area contributed by atoms with Crippen molar-refractivity contribution in [3.8, 4) is 23.6 Å². The number of nitro benzene ring substituents is 1. The second kappa shape index (κ2) is 9.00. The van der Waals surface area contributed by atoms with E-state index < -0.39 is 10.9 Å². The quantitative estimate of drug-likeness (QED) is 0.339. The number of nitriles is 2. The fourth-order valence-electron chi connectivity index (χ4n) is 2.56. The van der Waals surface area contributed by atoms with Crippen molar-refractivity contribution in [2.24, 2.45) is 0 Å². The summed E-state index contributed by atoms with van der Waals surface area (Å²) in [7, 11) is 0. The minimum atomic E-state index is -0.566. The third kappa shape index (κ3) is 4.58. The highest BCUT2D eigenvalue weighted by molar-refractivity contribution is 5.89. The van der Waals surface area contributed by atoms with Crippen LogP contribution in [0.4, 0.5) is 5.69 Å². The highest BCUT2D eigenvalue weighted by Crippen LogP contribution is 2.27. The molecule has 0 aromatic heterocycles. The van der Waals surface area contributed by atoms with Crippen molar-refractivity contribution in [3.05, 3.63) is 99.1 Å². The van der Waals surface area contributed by atoms with Gasteiger partial charge in [0.25, 0.3) is 5.69 Å². The number of rotatable bonds is 6. The Labute approximate surface area is 171 Å². The Morgan fingerprint density at radius 2 is 1.67 bits per heavy atom. The zero-order valence-corrected chi connectivity index (χ0v) is 15.4. The smallest absolute Gasteiger partial charge is 0.338 e. The molecular formula is C22H13N3O5. The highest BCUT2D eigenvalue weighted by atomic mass is 16.6. The summed E-state index contributed by atoms with van der Waals surface area (Å²) in [5, 5.41) is 29.0. The first-order valence-electron chi connectivity index (χ1n) is 8.63. The van der Waals surface area contributed by atoms with Gasteiger partial charge in [-0.1, -0.05) is 6.07 Å². The molecule has 0 aliphatic rings. The van der Waals surface area contributed by atoms with Gasteiger partial charge < -0.3 is 9.47 Å². The van der Waals surface area contributed by atoms with Crippen LogP contribution in [0.15, 0.2) is 66.7 Å². The van der Waals surface area contributed by atoms with Gasteiger partial charge in [0.15, 0.2) is 0 Å². The molecule has 0 aliphatic heterocycles. The molecular weight excluding hydrogens is 386 g/mol. The van der Waals surface area contributed by atoms with Gasteiger partial charge in [-0.25, -0.2) is 4.79 Å². The van der Waals surface area contributed by atoms with Crippen molar-refractivity contribution in [1.82, 2.24) is 0 Å². The van der Waals surface area contributed by atoms with E-state index in [2.05, 4.69) is 0 Å². The number of hydrogen-bond acceptors (Lipinski definition) is 7. The van der Waals surface area contributed by atoms with E-state index in [9.17, 15) is 20.2 Å². The van der Waals surface area contributed by atoms with E-state index in [0.717, 1.165) is 0 Å². The lowest BCUT2D eigenvalue weighted by Gasteiger charge is -2.09. The molecule has 0 fully saturated rings. The summed E-state index contributed by atoms with van der Waals surface area (Å²) in [6, 6.07) is 20.4. The Hall–Kier alpha value is -4.69. The second-order valence-corrected chi connectivity index (χ2v) is 6.03. The van der Waals surface area contributed by atoms with Crippen LogP contribution < -0.4 is 4.74 Å². The van der Waals surface area contributed by atoms with Crippen LogP contribution in [0.25, 0.3) is 0 Å². The lowest BCUT2D eigenvalue weighted by Crippen LogP contribution is -2.05. The average Bonchev–Trinajstić information content (AvgIpc) is 2.78. The van der Waals surface area contributed by atoms with Crippen LogP contribution in [0.1, 0.15) is 27.0 Å². The summed E-state index contributed by atoms with van der Waals surface area (Å²) in [5.41, 5.74) is 1.21. The SMILES string of the molecule is N#Cc1cccc(Oc2ccc(C(=O)OCc3ccc([N+](=O)[O-])cc3)cc2)c1C#N. The molecule has 0 radical (unpaired) electrons. The Bertz CT molecular complexity index is 1170. The second-order valence-electron chi connectivity index (χ2n) is 6.03. The molecule has 0 aliphatic carbocycles. The van der Waals surface area contributed by atoms with Gasteiger partial charge in [0.1, 0.15) is 35.8 Å². The Morgan fingerprint density at radius 1 is 0.967 bits per heavy atom. The maximum absolute atomic E-state index is 12.2.